The summed E-state index contributed by atoms with van der Waals surface area (Å²) in [5.74, 6) is 0.497. The first kappa shape index (κ1) is 15.5. The molecule has 1 aromatic heterocycles. The fraction of sp³-hybridized carbons (Fsp3) is 0.643. The Morgan fingerprint density at radius 3 is 2.95 bits per heavy atom. The Morgan fingerprint density at radius 1 is 1.52 bits per heavy atom. The highest BCUT2D eigenvalue weighted by Gasteiger charge is 2.31. The molecule has 0 unspecified atom stereocenters. The van der Waals surface area contributed by atoms with Gasteiger partial charge in [-0.2, -0.15) is 0 Å². The Balaban J connectivity index is 2.13. The number of aromatic nitrogens is 2. The summed E-state index contributed by atoms with van der Waals surface area (Å²) in [4.78, 5) is 32.5. The molecule has 0 aliphatic carbocycles. The number of nitrogens with one attached hydrogen (secondary N) is 2. The van der Waals surface area contributed by atoms with Gasteiger partial charge in [-0.3, -0.25) is 14.6 Å². The van der Waals surface area contributed by atoms with Crippen LogP contribution in [0.1, 0.15) is 31.9 Å². The average Bonchev–Trinajstić information content (AvgIpc) is 2.76. The lowest BCUT2D eigenvalue weighted by molar-refractivity contribution is -0.128. The number of H-pyrrole nitrogens is 1. The van der Waals surface area contributed by atoms with Crippen molar-refractivity contribution in [3.8, 4) is 0 Å². The summed E-state index contributed by atoms with van der Waals surface area (Å²) in [5, 5.41) is 3.08. The maximum atomic E-state index is 12.0. The van der Waals surface area contributed by atoms with Crippen molar-refractivity contribution in [3.05, 3.63) is 22.1 Å². The second kappa shape index (κ2) is 6.71. The number of hydrogen-bond acceptors (Lipinski definition) is 5. The SMILES string of the molecule is COCCN1C[C@@H](c2cc(=O)[nH]c(NC(C)C)n2)CC1=O. The first-order chi connectivity index (χ1) is 9.99. The summed E-state index contributed by atoms with van der Waals surface area (Å²) in [7, 11) is 1.61. The third-order valence-corrected chi connectivity index (χ3v) is 3.38. The molecule has 21 heavy (non-hydrogen) atoms. The van der Waals surface area contributed by atoms with Crippen LogP contribution < -0.4 is 10.9 Å². The number of carbonyl (C=O) groups excluding carboxylic acids is 1. The van der Waals surface area contributed by atoms with Crippen LogP contribution in [0.25, 0.3) is 0 Å². The van der Waals surface area contributed by atoms with E-state index >= 15 is 0 Å². The molecule has 2 N–H and O–H groups in total. The van der Waals surface area contributed by atoms with E-state index in [4.69, 9.17) is 4.74 Å². The molecular weight excluding hydrogens is 272 g/mol. The number of aromatic amines is 1. The van der Waals surface area contributed by atoms with Crippen LogP contribution in [0.2, 0.25) is 0 Å². The first-order valence-corrected chi connectivity index (χ1v) is 7.14. The fourth-order valence-corrected chi connectivity index (χ4v) is 2.42. The summed E-state index contributed by atoms with van der Waals surface area (Å²) in [5.41, 5.74) is 0.459. The lowest BCUT2D eigenvalue weighted by atomic mass is 10.0. The molecule has 1 aromatic rings. The molecule has 0 spiro atoms. The number of carbonyl (C=O) groups is 1. The van der Waals surface area contributed by atoms with Gasteiger partial charge in [0.05, 0.1) is 12.3 Å². The number of methoxy groups -OCH3 is 1. The van der Waals surface area contributed by atoms with Gasteiger partial charge in [0.25, 0.3) is 5.56 Å². The van der Waals surface area contributed by atoms with E-state index in [-0.39, 0.29) is 23.4 Å². The van der Waals surface area contributed by atoms with E-state index < -0.39 is 0 Å². The molecule has 1 aliphatic rings. The molecule has 116 valence electrons. The van der Waals surface area contributed by atoms with Gasteiger partial charge < -0.3 is 15.0 Å². The molecule has 0 saturated carbocycles. The molecule has 1 amide bonds. The van der Waals surface area contributed by atoms with Gasteiger partial charge in [-0.05, 0) is 13.8 Å². The van der Waals surface area contributed by atoms with E-state index in [0.29, 0.717) is 37.8 Å². The quantitative estimate of drug-likeness (QED) is 0.800. The molecule has 0 radical (unpaired) electrons. The summed E-state index contributed by atoms with van der Waals surface area (Å²) in [6.07, 6.45) is 0.390. The molecule has 1 saturated heterocycles. The third kappa shape index (κ3) is 4.04. The second-order valence-corrected chi connectivity index (χ2v) is 5.55. The molecular formula is C14H22N4O3. The zero-order valence-corrected chi connectivity index (χ0v) is 12.7. The van der Waals surface area contributed by atoms with E-state index in [1.165, 1.54) is 6.07 Å². The fourth-order valence-electron chi connectivity index (χ4n) is 2.42. The highest BCUT2D eigenvalue weighted by atomic mass is 16.5. The Hall–Kier alpha value is -1.89. The van der Waals surface area contributed by atoms with Crippen LogP contribution in [-0.4, -0.2) is 53.6 Å². The molecule has 1 fully saturated rings. The predicted molar refractivity (Wildman–Crippen MR) is 79.4 cm³/mol. The third-order valence-electron chi connectivity index (χ3n) is 3.38. The molecule has 0 aromatic carbocycles. The van der Waals surface area contributed by atoms with Crippen molar-refractivity contribution in [2.45, 2.75) is 32.2 Å². The van der Waals surface area contributed by atoms with Gasteiger partial charge in [0, 0.05) is 44.6 Å². The van der Waals surface area contributed by atoms with Crippen LogP contribution in [0.15, 0.2) is 10.9 Å². The lowest BCUT2D eigenvalue weighted by Gasteiger charge is -2.16. The first-order valence-electron chi connectivity index (χ1n) is 7.14. The largest absolute Gasteiger partial charge is 0.383 e. The Bertz CT molecular complexity index is 555. The van der Waals surface area contributed by atoms with Crippen molar-refractivity contribution in [2.75, 3.05) is 32.1 Å². The Labute approximate surface area is 123 Å². The Morgan fingerprint density at radius 2 is 2.29 bits per heavy atom. The van der Waals surface area contributed by atoms with Gasteiger partial charge in [-0.15, -0.1) is 0 Å². The average molecular weight is 294 g/mol. The van der Waals surface area contributed by atoms with Crippen LogP contribution in [0.4, 0.5) is 5.95 Å². The molecule has 1 aliphatic heterocycles. The zero-order chi connectivity index (χ0) is 15.4. The number of amides is 1. The van der Waals surface area contributed by atoms with Crippen LogP contribution in [-0.2, 0) is 9.53 Å². The topological polar surface area (TPSA) is 87.3 Å². The summed E-state index contributed by atoms with van der Waals surface area (Å²) in [6, 6.07) is 1.65. The Kier molecular flexibility index (Phi) is 4.95. The predicted octanol–water partition coefficient (Wildman–Crippen LogP) is 0.552. The summed E-state index contributed by atoms with van der Waals surface area (Å²) >= 11 is 0. The number of anilines is 1. The van der Waals surface area contributed by atoms with E-state index in [2.05, 4.69) is 15.3 Å². The van der Waals surface area contributed by atoms with Gasteiger partial charge in [-0.25, -0.2) is 4.98 Å². The minimum absolute atomic E-state index is 0.0376. The van der Waals surface area contributed by atoms with Crippen LogP contribution in [0, 0.1) is 0 Å². The minimum Gasteiger partial charge on any atom is -0.383 e. The van der Waals surface area contributed by atoms with E-state index in [9.17, 15) is 9.59 Å². The van der Waals surface area contributed by atoms with Gasteiger partial charge >= 0.3 is 0 Å². The molecule has 7 nitrogen and oxygen atoms in total. The van der Waals surface area contributed by atoms with Gasteiger partial charge in [-0.1, -0.05) is 0 Å². The van der Waals surface area contributed by atoms with E-state index in [1.54, 1.807) is 12.0 Å². The molecule has 2 rings (SSSR count). The highest BCUT2D eigenvalue weighted by molar-refractivity contribution is 5.79. The monoisotopic (exact) mass is 294 g/mol. The van der Waals surface area contributed by atoms with Crippen molar-refractivity contribution >= 4 is 11.9 Å². The van der Waals surface area contributed by atoms with Crippen LogP contribution in [0.5, 0.6) is 0 Å². The number of nitrogens with zero attached hydrogens (tertiary/aromatic N) is 2. The molecule has 7 heteroatoms. The van der Waals surface area contributed by atoms with Crippen molar-refractivity contribution in [1.29, 1.82) is 0 Å². The summed E-state index contributed by atoms with van der Waals surface area (Å²) < 4.78 is 5.00. The number of ether oxygens (including phenoxy) is 1. The molecule has 2 heterocycles. The van der Waals surface area contributed by atoms with Crippen molar-refractivity contribution in [2.24, 2.45) is 0 Å². The standard InChI is InChI=1S/C14H22N4O3/c1-9(2)15-14-16-11(7-12(19)17-14)10-6-13(20)18(8-10)4-5-21-3/h7,9-10H,4-6,8H2,1-3H3,(H2,15,16,17,19)/t10-/m0/s1. The maximum absolute atomic E-state index is 12.0. The zero-order valence-electron chi connectivity index (χ0n) is 12.7. The number of rotatable bonds is 6. The van der Waals surface area contributed by atoms with Gasteiger partial charge in [0.15, 0.2) is 0 Å². The second-order valence-electron chi connectivity index (χ2n) is 5.55. The van der Waals surface area contributed by atoms with Crippen molar-refractivity contribution in [3.63, 3.8) is 0 Å². The summed E-state index contributed by atoms with van der Waals surface area (Å²) in [6.45, 7) is 5.61. The number of hydrogen-bond donors (Lipinski definition) is 2. The van der Waals surface area contributed by atoms with E-state index in [0.717, 1.165) is 0 Å². The lowest BCUT2D eigenvalue weighted by Crippen LogP contribution is -2.28. The molecule has 0 bridgehead atoms. The van der Waals surface area contributed by atoms with Crippen molar-refractivity contribution in [1.82, 2.24) is 14.9 Å². The maximum Gasteiger partial charge on any atom is 0.252 e. The van der Waals surface area contributed by atoms with Gasteiger partial charge in [0.1, 0.15) is 0 Å². The van der Waals surface area contributed by atoms with E-state index in [1.807, 2.05) is 13.8 Å². The molecule has 1 atom stereocenters. The van der Waals surface area contributed by atoms with Crippen LogP contribution >= 0.6 is 0 Å². The van der Waals surface area contributed by atoms with Crippen molar-refractivity contribution < 1.29 is 9.53 Å². The number of likely N-dealkylation sites (tertiary alicyclic amines) is 1. The van der Waals surface area contributed by atoms with Crippen LogP contribution in [0.3, 0.4) is 0 Å². The highest BCUT2D eigenvalue weighted by Crippen LogP contribution is 2.26. The van der Waals surface area contributed by atoms with Gasteiger partial charge in [0.2, 0.25) is 11.9 Å². The minimum atomic E-state index is -0.203. The normalized spacial score (nSPS) is 18.6. The smallest absolute Gasteiger partial charge is 0.252 e.